The van der Waals surface area contributed by atoms with Gasteiger partial charge in [-0.3, -0.25) is 4.90 Å². The van der Waals surface area contributed by atoms with E-state index in [0.717, 1.165) is 56.2 Å². The molecule has 27 heavy (non-hydrogen) atoms. The Balaban J connectivity index is 1.38. The van der Waals surface area contributed by atoms with Crippen LogP contribution in [0.15, 0.2) is 34.5 Å². The van der Waals surface area contributed by atoms with E-state index in [1.54, 1.807) is 0 Å². The van der Waals surface area contributed by atoms with Gasteiger partial charge in [0.1, 0.15) is 11.7 Å². The van der Waals surface area contributed by atoms with E-state index in [4.69, 9.17) is 22.1 Å². The molecule has 3 aliphatic heterocycles. The van der Waals surface area contributed by atoms with Gasteiger partial charge in [0.2, 0.25) is 0 Å². The van der Waals surface area contributed by atoms with Crippen LogP contribution in [0, 0.1) is 0 Å². The molecule has 1 aromatic rings. The maximum Gasteiger partial charge on any atom is 0.135 e. The van der Waals surface area contributed by atoms with Crippen LogP contribution < -0.4 is 5.73 Å². The number of rotatable bonds is 4. The molecular formula is C20H28ClN5O. The molecule has 1 aromatic carbocycles. The van der Waals surface area contributed by atoms with Gasteiger partial charge in [0.25, 0.3) is 0 Å². The number of ether oxygens (including phenoxy) is 1. The van der Waals surface area contributed by atoms with Gasteiger partial charge in [0.15, 0.2) is 0 Å². The zero-order valence-electron chi connectivity index (χ0n) is 15.9. The Hall–Kier alpha value is -1.63. The highest BCUT2D eigenvalue weighted by Gasteiger charge is 2.38. The van der Waals surface area contributed by atoms with Crippen LogP contribution in [-0.4, -0.2) is 66.4 Å². The van der Waals surface area contributed by atoms with Crippen LogP contribution in [0.5, 0.6) is 0 Å². The number of benzene rings is 1. The average molecular weight is 390 g/mol. The zero-order chi connectivity index (χ0) is 18.8. The number of nitrogens with zero attached hydrogens (tertiary/aromatic N) is 4. The van der Waals surface area contributed by atoms with Gasteiger partial charge in [0.05, 0.1) is 12.5 Å². The molecule has 0 bridgehead atoms. The lowest BCUT2D eigenvalue weighted by atomic mass is 9.98. The van der Waals surface area contributed by atoms with Crippen molar-refractivity contribution in [3.05, 3.63) is 34.9 Å². The summed E-state index contributed by atoms with van der Waals surface area (Å²) in [5.74, 6) is 1.65. The van der Waals surface area contributed by atoms with Crippen molar-refractivity contribution in [2.24, 2.45) is 15.9 Å². The number of hydrogen-bond acceptors (Lipinski definition) is 6. The van der Waals surface area contributed by atoms with E-state index in [9.17, 15) is 0 Å². The second-order valence-corrected chi connectivity index (χ2v) is 8.21. The summed E-state index contributed by atoms with van der Waals surface area (Å²) in [6.45, 7) is 3.07. The molecule has 0 amide bonds. The molecule has 7 heteroatoms. The maximum atomic E-state index is 6.04. The Morgan fingerprint density at radius 3 is 2.56 bits per heavy atom. The molecule has 2 N–H and O–H groups in total. The van der Waals surface area contributed by atoms with Gasteiger partial charge < -0.3 is 15.4 Å². The monoisotopic (exact) mass is 389 g/mol. The van der Waals surface area contributed by atoms with Gasteiger partial charge in [-0.2, -0.15) is 0 Å². The number of halogens is 1. The summed E-state index contributed by atoms with van der Waals surface area (Å²) in [6, 6.07) is 9.38. The summed E-state index contributed by atoms with van der Waals surface area (Å²) in [6.07, 6.45) is 5.45. The first-order valence-electron chi connectivity index (χ1n) is 9.79. The van der Waals surface area contributed by atoms with Crippen LogP contribution in [0.1, 0.15) is 31.2 Å². The van der Waals surface area contributed by atoms with E-state index in [1.807, 2.05) is 19.2 Å². The van der Waals surface area contributed by atoms with Crippen molar-refractivity contribution in [3.63, 3.8) is 0 Å². The molecule has 2 fully saturated rings. The number of methoxy groups -OCH3 is 1. The highest BCUT2D eigenvalue weighted by atomic mass is 35.5. The fourth-order valence-corrected chi connectivity index (χ4v) is 4.72. The Labute approximate surface area is 166 Å². The van der Waals surface area contributed by atoms with Crippen molar-refractivity contribution < 1.29 is 4.74 Å². The summed E-state index contributed by atoms with van der Waals surface area (Å²) in [5, 5.41) is 9.00. The summed E-state index contributed by atoms with van der Waals surface area (Å²) < 4.78 is 5.71. The summed E-state index contributed by atoms with van der Waals surface area (Å²) in [7, 11) is 1.83. The normalized spacial score (nSPS) is 27.1. The third kappa shape index (κ3) is 4.28. The molecule has 146 valence electrons. The van der Waals surface area contributed by atoms with Crippen LogP contribution >= 0.6 is 11.6 Å². The number of likely N-dealkylation sites (tertiary alicyclic amines) is 2. The second kappa shape index (κ2) is 8.17. The van der Waals surface area contributed by atoms with E-state index in [-0.39, 0.29) is 0 Å². The Morgan fingerprint density at radius 2 is 1.93 bits per heavy atom. The van der Waals surface area contributed by atoms with Crippen molar-refractivity contribution in [1.82, 2.24) is 9.80 Å². The highest BCUT2D eigenvalue weighted by Crippen LogP contribution is 2.30. The molecule has 4 rings (SSSR count). The first-order valence-corrected chi connectivity index (χ1v) is 10.2. The predicted octanol–water partition coefficient (Wildman–Crippen LogP) is 2.51. The number of nitrogens with two attached hydrogens (primary N) is 1. The van der Waals surface area contributed by atoms with E-state index >= 15 is 0 Å². The Morgan fingerprint density at radius 1 is 1.19 bits per heavy atom. The van der Waals surface area contributed by atoms with Crippen LogP contribution in [0.4, 0.5) is 0 Å². The molecule has 0 unspecified atom stereocenters. The largest absolute Gasteiger partial charge is 0.385 e. The second-order valence-electron chi connectivity index (χ2n) is 7.78. The van der Waals surface area contributed by atoms with E-state index in [1.165, 1.54) is 5.56 Å². The molecule has 2 saturated heterocycles. The van der Waals surface area contributed by atoms with Crippen LogP contribution in [0.2, 0.25) is 5.02 Å². The molecule has 0 radical (unpaired) electrons. The van der Waals surface area contributed by atoms with Crippen LogP contribution in [-0.2, 0) is 11.2 Å². The number of hydrogen-bond donors (Lipinski definition) is 1. The van der Waals surface area contributed by atoms with E-state index < -0.39 is 0 Å². The molecule has 3 aliphatic rings. The molecule has 3 heterocycles. The van der Waals surface area contributed by atoms with Gasteiger partial charge in [-0.15, -0.1) is 10.2 Å². The van der Waals surface area contributed by atoms with Gasteiger partial charge >= 0.3 is 0 Å². The van der Waals surface area contributed by atoms with Gasteiger partial charge in [0, 0.05) is 43.9 Å². The molecule has 2 atom stereocenters. The van der Waals surface area contributed by atoms with E-state index in [2.05, 4.69) is 32.1 Å². The quantitative estimate of drug-likeness (QED) is 0.859. The van der Waals surface area contributed by atoms with Crippen molar-refractivity contribution in [2.45, 2.75) is 50.3 Å². The first kappa shape index (κ1) is 18.7. The van der Waals surface area contributed by atoms with Crippen molar-refractivity contribution >= 4 is 23.3 Å². The molecule has 0 aliphatic carbocycles. The molecular weight excluding hydrogens is 362 g/mol. The molecule has 0 aromatic heterocycles. The Bertz CT molecular complexity index is 712. The molecule has 0 spiro atoms. The van der Waals surface area contributed by atoms with E-state index in [0.29, 0.717) is 30.4 Å². The standard InChI is InChI=1S/C20H28ClN5O/c1-27-18-11-17(10-14-2-4-15(21)5-3-14)26(13-18)16-6-8-25(9-7-16)20-12-19(22)23-24-20/h2-5,16-18H,6-13H2,1H3,(H2,22,23)/t17-,18+/m0/s1. The van der Waals surface area contributed by atoms with Gasteiger partial charge in [-0.1, -0.05) is 23.7 Å². The van der Waals surface area contributed by atoms with Gasteiger partial charge in [-0.25, -0.2) is 0 Å². The topological polar surface area (TPSA) is 66.5 Å². The lowest BCUT2D eigenvalue weighted by Crippen LogP contribution is -2.49. The minimum atomic E-state index is 0.327. The predicted molar refractivity (Wildman–Crippen MR) is 109 cm³/mol. The van der Waals surface area contributed by atoms with Crippen LogP contribution in [0.3, 0.4) is 0 Å². The van der Waals surface area contributed by atoms with Crippen molar-refractivity contribution in [2.75, 3.05) is 26.7 Å². The maximum absolute atomic E-state index is 6.04. The highest BCUT2D eigenvalue weighted by molar-refractivity contribution is 6.30. The third-order valence-corrected chi connectivity index (χ3v) is 6.32. The lowest BCUT2D eigenvalue weighted by molar-refractivity contribution is 0.0859. The van der Waals surface area contributed by atoms with Gasteiger partial charge in [-0.05, 0) is 43.4 Å². The van der Waals surface area contributed by atoms with Crippen molar-refractivity contribution in [3.8, 4) is 0 Å². The fourth-order valence-electron chi connectivity index (χ4n) is 4.59. The zero-order valence-corrected chi connectivity index (χ0v) is 16.6. The SMILES string of the molecule is CO[C@@H]1C[C@H](Cc2ccc(Cl)cc2)N(C2CCN(C3=NN=C(N)C3)CC2)C1. The van der Waals surface area contributed by atoms with Crippen LogP contribution in [0.25, 0.3) is 0 Å². The summed E-state index contributed by atoms with van der Waals surface area (Å²) in [4.78, 5) is 5.03. The van der Waals surface area contributed by atoms with Crippen molar-refractivity contribution in [1.29, 1.82) is 0 Å². The fraction of sp³-hybridized carbons (Fsp3) is 0.600. The minimum absolute atomic E-state index is 0.327. The average Bonchev–Trinajstić information content (AvgIpc) is 3.30. The summed E-state index contributed by atoms with van der Waals surface area (Å²) >= 11 is 6.04. The lowest BCUT2D eigenvalue weighted by Gasteiger charge is -2.40. The number of piperidine rings is 1. The Kier molecular flexibility index (Phi) is 5.66. The third-order valence-electron chi connectivity index (χ3n) is 6.07. The smallest absolute Gasteiger partial charge is 0.135 e. The first-order chi connectivity index (χ1) is 13.1. The summed E-state index contributed by atoms with van der Waals surface area (Å²) in [5.41, 5.74) is 7.11. The molecule has 6 nitrogen and oxygen atoms in total. The minimum Gasteiger partial charge on any atom is -0.385 e. The molecule has 0 saturated carbocycles. The number of amidine groups is 2.